The molecule has 0 radical (unpaired) electrons. The summed E-state index contributed by atoms with van der Waals surface area (Å²) in [6.07, 6.45) is 1.96. The van der Waals surface area contributed by atoms with E-state index < -0.39 is 5.60 Å². The summed E-state index contributed by atoms with van der Waals surface area (Å²) in [7, 11) is 3.34. The fourth-order valence-electron chi connectivity index (χ4n) is 5.96. The van der Waals surface area contributed by atoms with E-state index in [1.807, 2.05) is 93.6 Å². The van der Waals surface area contributed by atoms with Crippen molar-refractivity contribution in [3.05, 3.63) is 96.1 Å². The summed E-state index contributed by atoms with van der Waals surface area (Å²) in [6.45, 7) is 8.21. The molecule has 47 heavy (non-hydrogen) atoms. The monoisotopic (exact) mass is 641 g/mol. The molecule has 1 aliphatic heterocycles. The molecular weight excluding hydrogens is 594 g/mol. The van der Waals surface area contributed by atoms with Crippen molar-refractivity contribution in [3.63, 3.8) is 0 Å². The van der Waals surface area contributed by atoms with Gasteiger partial charge in [-0.15, -0.1) is 0 Å². The molecule has 1 aliphatic rings. The summed E-state index contributed by atoms with van der Waals surface area (Å²) in [5.74, 6) is 3.31. The number of nitrogens with zero attached hydrogens (tertiary/aromatic N) is 1. The van der Waals surface area contributed by atoms with Crippen LogP contribution in [0.15, 0.2) is 84.9 Å². The number of amides is 1. The van der Waals surface area contributed by atoms with Crippen molar-refractivity contribution in [2.75, 3.05) is 40.5 Å². The molecule has 0 spiro atoms. The van der Waals surface area contributed by atoms with E-state index in [0.717, 1.165) is 64.2 Å². The third kappa shape index (κ3) is 9.10. The summed E-state index contributed by atoms with van der Waals surface area (Å²) >= 11 is 0. The number of para-hydroxylation sites is 1. The van der Waals surface area contributed by atoms with E-state index in [1.165, 1.54) is 0 Å². The first-order valence-corrected chi connectivity index (χ1v) is 16.4. The molecule has 1 amide bonds. The summed E-state index contributed by atoms with van der Waals surface area (Å²) in [5, 5.41) is 1.94. The highest BCUT2D eigenvalue weighted by Crippen LogP contribution is 2.38. The number of ether oxygens (including phenoxy) is 6. The largest absolute Gasteiger partial charge is 0.496 e. The van der Waals surface area contributed by atoms with Crippen LogP contribution in [0.2, 0.25) is 0 Å². The van der Waals surface area contributed by atoms with Crippen LogP contribution in [0, 0.1) is 0 Å². The number of benzene rings is 4. The van der Waals surface area contributed by atoms with E-state index in [4.69, 9.17) is 28.4 Å². The molecule has 1 saturated heterocycles. The van der Waals surface area contributed by atoms with Crippen molar-refractivity contribution in [2.24, 2.45) is 0 Å². The van der Waals surface area contributed by atoms with Crippen LogP contribution >= 0.6 is 0 Å². The van der Waals surface area contributed by atoms with Gasteiger partial charge < -0.3 is 33.3 Å². The second-order valence-corrected chi connectivity index (χ2v) is 12.8. The van der Waals surface area contributed by atoms with E-state index in [9.17, 15) is 4.79 Å². The van der Waals surface area contributed by atoms with Gasteiger partial charge in [-0.3, -0.25) is 0 Å². The van der Waals surface area contributed by atoms with Crippen molar-refractivity contribution in [3.8, 4) is 23.0 Å². The van der Waals surface area contributed by atoms with Gasteiger partial charge in [-0.2, -0.15) is 0 Å². The number of carbonyl (C=O) groups excluding carboxylic acids is 1. The van der Waals surface area contributed by atoms with E-state index in [0.29, 0.717) is 32.9 Å². The Morgan fingerprint density at radius 3 is 2.09 bits per heavy atom. The molecule has 8 nitrogen and oxygen atoms in total. The van der Waals surface area contributed by atoms with Gasteiger partial charge in [0.15, 0.2) is 0 Å². The molecular formula is C39H47NO7. The Hall–Kier alpha value is -4.43. The Morgan fingerprint density at radius 1 is 0.809 bits per heavy atom. The summed E-state index contributed by atoms with van der Waals surface area (Å²) in [6, 6.07) is 28.1. The van der Waals surface area contributed by atoms with Crippen LogP contribution in [0.25, 0.3) is 10.8 Å². The topological polar surface area (TPSA) is 75.7 Å². The van der Waals surface area contributed by atoms with Crippen LogP contribution in [0.4, 0.5) is 4.79 Å². The van der Waals surface area contributed by atoms with Gasteiger partial charge >= 0.3 is 6.09 Å². The van der Waals surface area contributed by atoms with Crippen LogP contribution in [0.3, 0.4) is 0 Å². The first kappa shape index (κ1) is 33.9. The number of rotatable bonds is 13. The Kier molecular flexibility index (Phi) is 11.5. The Labute approximate surface area is 278 Å². The minimum Gasteiger partial charge on any atom is -0.496 e. The van der Waals surface area contributed by atoms with Gasteiger partial charge in [0.05, 0.1) is 46.7 Å². The average Bonchev–Trinajstić information content (AvgIpc) is 3.08. The van der Waals surface area contributed by atoms with Crippen LogP contribution in [0.5, 0.6) is 23.0 Å². The summed E-state index contributed by atoms with van der Waals surface area (Å²) in [4.78, 5) is 14.8. The number of fused-ring (bicyclic) bond motifs is 1. The highest BCUT2D eigenvalue weighted by atomic mass is 16.6. The highest BCUT2D eigenvalue weighted by molar-refractivity contribution is 5.94. The fourth-order valence-corrected chi connectivity index (χ4v) is 5.96. The maximum atomic E-state index is 13.1. The Bertz CT molecular complexity index is 1580. The molecule has 1 heterocycles. The molecule has 0 N–H and O–H groups in total. The normalized spacial score (nSPS) is 16.5. The van der Waals surface area contributed by atoms with Gasteiger partial charge in [0.2, 0.25) is 0 Å². The lowest BCUT2D eigenvalue weighted by Crippen LogP contribution is -2.48. The van der Waals surface area contributed by atoms with Crippen molar-refractivity contribution in [2.45, 2.75) is 64.3 Å². The lowest BCUT2D eigenvalue weighted by molar-refractivity contribution is -0.0363. The predicted octanol–water partition coefficient (Wildman–Crippen LogP) is 8.40. The van der Waals surface area contributed by atoms with Crippen LogP contribution in [0.1, 0.15) is 57.1 Å². The minimum absolute atomic E-state index is 0.0752. The number of hydrogen-bond acceptors (Lipinski definition) is 7. The zero-order valence-corrected chi connectivity index (χ0v) is 28.2. The van der Waals surface area contributed by atoms with E-state index >= 15 is 0 Å². The quantitative estimate of drug-likeness (QED) is 0.136. The molecule has 4 aromatic carbocycles. The Morgan fingerprint density at radius 2 is 1.45 bits per heavy atom. The number of likely N-dealkylation sites (tertiary alicyclic amines) is 1. The molecule has 8 heteroatoms. The third-order valence-corrected chi connectivity index (χ3v) is 8.25. The number of hydrogen-bond donors (Lipinski definition) is 0. The molecule has 0 saturated carbocycles. The number of unbranched alkanes of at least 4 members (excludes halogenated alkanes) is 1. The zero-order chi connectivity index (χ0) is 33.2. The number of piperidine rings is 1. The first-order valence-electron chi connectivity index (χ1n) is 16.4. The third-order valence-electron chi connectivity index (χ3n) is 8.25. The van der Waals surface area contributed by atoms with Crippen molar-refractivity contribution < 1.29 is 33.2 Å². The second kappa shape index (κ2) is 15.9. The maximum Gasteiger partial charge on any atom is 0.410 e. The van der Waals surface area contributed by atoms with E-state index in [-0.39, 0.29) is 18.1 Å². The van der Waals surface area contributed by atoms with Crippen molar-refractivity contribution in [1.82, 2.24) is 4.90 Å². The molecule has 250 valence electrons. The van der Waals surface area contributed by atoms with Gasteiger partial charge in [0.1, 0.15) is 28.6 Å². The smallest absolute Gasteiger partial charge is 0.410 e. The molecule has 1 fully saturated rings. The lowest BCUT2D eigenvalue weighted by atomic mass is 9.87. The van der Waals surface area contributed by atoms with Crippen molar-refractivity contribution >= 4 is 16.9 Å². The summed E-state index contributed by atoms with van der Waals surface area (Å²) in [5.41, 5.74) is 1.45. The lowest BCUT2D eigenvalue weighted by Gasteiger charge is -2.39. The van der Waals surface area contributed by atoms with E-state index in [2.05, 4.69) is 12.1 Å². The number of carbonyl (C=O) groups is 1. The molecule has 4 aromatic rings. The molecule has 0 aliphatic carbocycles. The molecule has 5 rings (SSSR count). The van der Waals surface area contributed by atoms with Crippen LogP contribution in [-0.4, -0.2) is 63.2 Å². The van der Waals surface area contributed by atoms with Gasteiger partial charge in [-0.25, -0.2) is 4.79 Å². The van der Waals surface area contributed by atoms with Crippen LogP contribution in [-0.2, 0) is 16.1 Å². The second-order valence-electron chi connectivity index (χ2n) is 12.8. The van der Waals surface area contributed by atoms with Crippen LogP contribution < -0.4 is 18.9 Å². The minimum atomic E-state index is -0.579. The highest BCUT2D eigenvalue weighted by Gasteiger charge is 2.35. The standard InChI is InChI=1S/C39H47NO7/c1-39(2,3)47-38(41)40-22-21-32(28-17-19-31(20-18-28)45-24-12-11-23-44-30-13-7-6-8-14-30)36(26-40)46-27-29-25-35(42-4)33-15-9-10-16-34(33)37(29)43-5/h6-10,13-20,25,32,36H,11-12,21-24,26-27H2,1-5H3. The maximum absolute atomic E-state index is 13.1. The summed E-state index contributed by atoms with van der Waals surface area (Å²) < 4.78 is 35.8. The molecule has 2 atom stereocenters. The van der Waals surface area contributed by atoms with Crippen molar-refractivity contribution in [1.29, 1.82) is 0 Å². The van der Waals surface area contributed by atoms with Gasteiger partial charge in [-0.05, 0) is 75.9 Å². The predicted molar refractivity (Wildman–Crippen MR) is 184 cm³/mol. The molecule has 0 aromatic heterocycles. The van der Waals surface area contributed by atoms with Gasteiger partial charge in [0, 0.05) is 28.8 Å². The van der Waals surface area contributed by atoms with Gasteiger partial charge in [0.25, 0.3) is 0 Å². The number of methoxy groups -OCH3 is 2. The molecule has 0 bridgehead atoms. The average molecular weight is 642 g/mol. The van der Waals surface area contributed by atoms with Gasteiger partial charge in [-0.1, -0.05) is 54.6 Å². The fraction of sp³-hybridized carbons (Fsp3) is 0.410. The van der Waals surface area contributed by atoms with E-state index in [1.54, 1.807) is 19.1 Å². The Balaban J connectivity index is 1.25. The SMILES string of the molecule is COc1cc(COC2CN(C(=O)OC(C)(C)C)CCC2c2ccc(OCCCCOc3ccccc3)cc2)c(OC)c2ccccc12. The zero-order valence-electron chi connectivity index (χ0n) is 28.2. The first-order chi connectivity index (χ1) is 22.8. The molecule has 2 unspecified atom stereocenters.